The number of rotatable bonds is 7. The van der Waals surface area contributed by atoms with E-state index in [2.05, 4.69) is 27.7 Å². The first-order chi connectivity index (χ1) is 16.7. The van der Waals surface area contributed by atoms with E-state index < -0.39 is 27.4 Å². The zero-order valence-electron chi connectivity index (χ0n) is 19.7. The summed E-state index contributed by atoms with van der Waals surface area (Å²) in [4.78, 5) is 27.7. The summed E-state index contributed by atoms with van der Waals surface area (Å²) in [5.74, 6) is -1.62. The first-order valence-electron chi connectivity index (χ1n) is 12.1. The largest absolute Gasteiger partial charge is 0.392 e. The summed E-state index contributed by atoms with van der Waals surface area (Å²) in [7, 11) is -2.12. The van der Waals surface area contributed by atoms with Gasteiger partial charge in [0.1, 0.15) is 5.75 Å². The summed E-state index contributed by atoms with van der Waals surface area (Å²) in [5, 5.41) is 15.6. The summed E-state index contributed by atoms with van der Waals surface area (Å²) >= 11 is 0. The number of anilines is 1. The smallest absolute Gasteiger partial charge is 0.239 e. The number of likely N-dealkylation sites (tertiary alicyclic amines) is 1. The first kappa shape index (κ1) is 24.0. The van der Waals surface area contributed by atoms with Crippen molar-refractivity contribution in [3.05, 3.63) is 59.2 Å². The van der Waals surface area contributed by atoms with Crippen molar-refractivity contribution in [2.75, 3.05) is 37.8 Å². The van der Waals surface area contributed by atoms with Gasteiger partial charge in [-0.25, -0.2) is 8.42 Å². The second kappa shape index (κ2) is 9.37. The predicted octanol–water partition coefficient (Wildman–Crippen LogP) is 1.97. The minimum atomic E-state index is -3.71. The van der Waals surface area contributed by atoms with Gasteiger partial charge in [-0.1, -0.05) is 30.3 Å². The molecule has 9 heteroatoms. The Kier molecular flexibility index (Phi) is 6.41. The molecule has 3 N–H and O–H groups in total. The van der Waals surface area contributed by atoms with E-state index in [0.29, 0.717) is 31.0 Å². The number of hydrogen-bond acceptors (Lipinski definition) is 6. The van der Waals surface area contributed by atoms with Crippen LogP contribution < -0.4 is 10.6 Å². The number of aliphatic hydroxyl groups excluding tert-OH is 1. The molecule has 2 aromatic rings. The number of β-amino-alcohol motifs (C(OH)–C–C–N with tert-alkyl or cyclic N) is 1. The Morgan fingerprint density at radius 1 is 1.17 bits per heavy atom. The number of fused-ring (bicyclic) bond motifs is 1. The Morgan fingerprint density at radius 3 is 2.66 bits per heavy atom. The van der Waals surface area contributed by atoms with E-state index in [1.165, 1.54) is 24.5 Å². The third-order valence-electron chi connectivity index (χ3n) is 7.31. The molecule has 1 unspecified atom stereocenters. The van der Waals surface area contributed by atoms with E-state index in [-0.39, 0.29) is 28.5 Å². The van der Waals surface area contributed by atoms with Crippen LogP contribution in [0.15, 0.2) is 47.4 Å². The number of sulfone groups is 1. The zero-order chi connectivity index (χ0) is 24.7. The second-order valence-electron chi connectivity index (χ2n) is 9.91. The fourth-order valence-electron chi connectivity index (χ4n) is 5.39. The third-order valence-corrected chi connectivity index (χ3v) is 8.98. The lowest BCUT2D eigenvalue weighted by Crippen LogP contribution is -2.37. The lowest BCUT2D eigenvalue weighted by atomic mass is 9.79. The molecule has 5 rings (SSSR count). The molecule has 0 radical (unpaired) electrons. The molecule has 2 fully saturated rings. The van der Waals surface area contributed by atoms with Crippen LogP contribution in [0.25, 0.3) is 0 Å². The van der Waals surface area contributed by atoms with Crippen LogP contribution >= 0.6 is 0 Å². The van der Waals surface area contributed by atoms with Crippen molar-refractivity contribution in [2.24, 2.45) is 0 Å². The van der Waals surface area contributed by atoms with Gasteiger partial charge in [0.15, 0.2) is 9.84 Å². The minimum Gasteiger partial charge on any atom is -0.392 e. The number of aliphatic hydroxyl groups is 1. The minimum absolute atomic E-state index is 0.0754. The highest BCUT2D eigenvalue weighted by atomic mass is 32.2. The second-order valence-corrected chi connectivity index (χ2v) is 11.9. The number of nitrogens with one attached hydrogen (secondary N) is 2. The van der Waals surface area contributed by atoms with Crippen LogP contribution in [0.2, 0.25) is 0 Å². The van der Waals surface area contributed by atoms with Gasteiger partial charge in [0, 0.05) is 32.6 Å². The van der Waals surface area contributed by atoms with Crippen molar-refractivity contribution < 1.29 is 23.1 Å². The zero-order valence-corrected chi connectivity index (χ0v) is 20.6. The maximum Gasteiger partial charge on any atom is 0.239 e. The highest BCUT2D eigenvalue weighted by Gasteiger charge is 2.36. The first-order valence-corrected chi connectivity index (χ1v) is 13.8. The van der Waals surface area contributed by atoms with Crippen molar-refractivity contribution in [1.29, 1.82) is 0 Å². The summed E-state index contributed by atoms with van der Waals surface area (Å²) in [6.45, 7) is 1.88. The van der Waals surface area contributed by atoms with Gasteiger partial charge in [-0.2, -0.15) is 0 Å². The van der Waals surface area contributed by atoms with Gasteiger partial charge < -0.3 is 20.6 Å². The van der Waals surface area contributed by atoms with Crippen LogP contribution in [-0.2, 0) is 19.4 Å². The summed E-state index contributed by atoms with van der Waals surface area (Å²) in [6, 6.07) is 13.2. The Hall–Kier alpha value is -2.75. The molecule has 2 amide bonds. The van der Waals surface area contributed by atoms with Gasteiger partial charge in [-0.3, -0.25) is 9.59 Å². The highest BCUT2D eigenvalue weighted by Crippen LogP contribution is 2.43. The Labute approximate surface area is 205 Å². The van der Waals surface area contributed by atoms with E-state index in [0.717, 1.165) is 12.1 Å². The number of carbonyl (C=O) groups excluding carboxylic acids is 2. The fourth-order valence-corrected chi connectivity index (χ4v) is 6.68. The number of amides is 2. The van der Waals surface area contributed by atoms with Crippen LogP contribution in [-0.4, -0.2) is 68.8 Å². The highest BCUT2D eigenvalue weighted by molar-refractivity contribution is 7.92. The summed E-state index contributed by atoms with van der Waals surface area (Å²) in [6.07, 6.45) is 2.66. The Bertz CT molecular complexity index is 1260. The summed E-state index contributed by atoms with van der Waals surface area (Å²) < 4.78 is 25.0. The molecule has 3 aliphatic rings. The van der Waals surface area contributed by atoms with Crippen LogP contribution in [0.1, 0.15) is 53.7 Å². The molecule has 3 atom stereocenters. The number of carbonyl (C=O) groups is 2. The molecule has 35 heavy (non-hydrogen) atoms. The van der Waals surface area contributed by atoms with Crippen molar-refractivity contribution in [3.63, 3.8) is 0 Å². The molecular weight excluding hydrogens is 466 g/mol. The normalized spacial score (nSPS) is 23.3. The molecule has 1 saturated carbocycles. The maximum absolute atomic E-state index is 13.4. The summed E-state index contributed by atoms with van der Waals surface area (Å²) in [5.41, 5.74) is 3.17. The number of hydrogen-bond donors (Lipinski definition) is 3. The van der Waals surface area contributed by atoms with Crippen molar-refractivity contribution in [1.82, 2.24) is 10.2 Å². The van der Waals surface area contributed by atoms with Gasteiger partial charge in [0.05, 0.1) is 22.6 Å². The molecule has 186 valence electrons. The van der Waals surface area contributed by atoms with E-state index in [1.807, 2.05) is 12.1 Å². The average molecular weight is 498 g/mol. The fraction of sp³-hybridized carbons (Fsp3) is 0.462. The van der Waals surface area contributed by atoms with Crippen molar-refractivity contribution in [2.45, 2.75) is 48.0 Å². The van der Waals surface area contributed by atoms with Crippen molar-refractivity contribution in [3.8, 4) is 0 Å². The third kappa shape index (κ3) is 4.98. The van der Waals surface area contributed by atoms with Gasteiger partial charge in [0.25, 0.3) is 0 Å². The molecular formula is C26H31N3O5S. The standard InChI is InChI=1S/C26H31N3O5S/c1-27-26(32)25(19-7-8-23-22(12-19)28-24(31)15-35(23,33)34)21(14-29-10-9-20(30)13-29)18-4-2-3-17(11-18)16-5-6-16/h2-4,7-8,11-12,16,20-21,25,30H,5-6,9-10,13-15H2,1H3,(H,27,32)(H,28,31)/t20-,21+,25?/m0/s1. The molecule has 8 nitrogen and oxygen atoms in total. The van der Waals surface area contributed by atoms with Crippen LogP contribution in [0.5, 0.6) is 0 Å². The molecule has 1 saturated heterocycles. The van der Waals surface area contributed by atoms with Gasteiger partial charge in [0.2, 0.25) is 11.8 Å². The molecule has 2 heterocycles. The van der Waals surface area contributed by atoms with E-state index in [9.17, 15) is 23.1 Å². The van der Waals surface area contributed by atoms with Crippen molar-refractivity contribution >= 4 is 27.3 Å². The topological polar surface area (TPSA) is 116 Å². The van der Waals surface area contributed by atoms with E-state index >= 15 is 0 Å². The van der Waals surface area contributed by atoms with Gasteiger partial charge in [-0.05, 0) is 54.0 Å². The molecule has 0 spiro atoms. The maximum atomic E-state index is 13.4. The molecule has 1 aliphatic carbocycles. The predicted molar refractivity (Wildman–Crippen MR) is 132 cm³/mol. The van der Waals surface area contributed by atoms with Crippen LogP contribution in [0.3, 0.4) is 0 Å². The number of nitrogens with zero attached hydrogens (tertiary/aromatic N) is 1. The molecule has 2 aliphatic heterocycles. The quantitative estimate of drug-likeness (QED) is 0.539. The molecule has 0 bridgehead atoms. The monoisotopic (exact) mass is 497 g/mol. The van der Waals surface area contributed by atoms with E-state index in [4.69, 9.17) is 0 Å². The van der Waals surface area contributed by atoms with Crippen LogP contribution in [0, 0.1) is 0 Å². The lowest BCUT2D eigenvalue weighted by Gasteiger charge is -2.31. The van der Waals surface area contributed by atoms with E-state index in [1.54, 1.807) is 19.2 Å². The Balaban J connectivity index is 1.58. The average Bonchev–Trinajstić information content (AvgIpc) is 3.59. The lowest BCUT2D eigenvalue weighted by molar-refractivity contribution is -0.122. The van der Waals surface area contributed by atoms with Gasteiger partial charge in [-0.15, -0.1) is 0 Å². The van der Waals surface area contributed by atoms with Crippen LogP contribution in [0.4, 0.5) is 5.69 Å². The number of likely N-dealkylation sites (N-methyl/N-ethyl adjacent to an activating group) is 1. The molecule has 0 aromatic heterocycles. The SMILES string of the molecule is CNC(=O)C(c1ccc2c(c1)NC(=O)CS2(=O)=O)[C@H](CN1CC[C@H](O)C1)c1cccc(C2CC2)c1. The Morgan fingerprint density at radius 2 is 1.97 bits per heavy atom. The molecule has 2 aromatic carbocycles. The number of benzene rings is 2. The van der Waals surface area contributed by atoms with Gasteiger partial charge >= 0.3 is 0 Å².